The van der Waals surface area contributed by atoms with Gasteiger partial charge in [0, 0.05) is 0 Å². The van der Waals surface area contributed by atoms with Gasteiger partial charge in [0.05, 0.1) is 6.42 Å². The lowest BCUT2D eigenvalue weighted by atomic mass is 9.98. The monoisotopic (exact) mass is 210 g/mol. The molecule has 1 N–H and O–H groups in total. The van der Waals surface area contributed by atoms with E-state index >= 15 is 0 Å². The van der Waals surface area contributed by atoms with E-state index in [1.807, 2.05) is 6.92 Å². The molecule has 0 bridgehead atoms. The number of aliphatic carboxylic acids is 1. The Bertz CT molecular complexity index is 336. The molecule has 15 heavy (non-hydrogen) atoms. The molecule has 3 heteroatoms. The molecular formula is C12H15FO2. The number of rotatable bonds is 5. The summed E-state index contributed by atoms with van der Waals surface area (Å²) in [5, 5.41) is 8.68. The summed E-state index contributed by atoms with van der Waals surface area (Å²) in [4.78, 5) is 10.6. The zero-order valence-corrected chi connectivity index (χ0v) is 8.74. The first kappa shape index (κ1) is 11.7. The fraction of sp³-hybridized carbons (Fsp3) is 0.417. The minimum atomic E-state index is -1.05. The molecule has 2 nitrogen and oxygen atoms in total. The zero-order valence-electron chi connectivity index (χ0n) is 8.74. The fourth-order valence-electron chi connectivity index (χ4n) is 1.57. The summed E-state index contributed by atoms with van der Waals surface area (Å²) in [7, 11) is 0. The molecule has 0 aliphatic rings. The normalized spacial score (nSPS) is 12.4. The highest BCUT2D eigenvalue weighted by Crippen LogP contribution is 2.26. The predicted molar refractivity (Wildman–Crippen MR) is 56.5 cm³/mol. The standard InChI is InChI=1S/C12H15FO2/c1-2-5-11(13)10-7-4-3-6-9(10)8-12(14)15/h3-4,6-7,11H,2,5,8H2,1H3,(H,14,15). The Labute approximate surface area is 88.7 Å². The Hall–Kier alpha value is -1.38. The third kappa shape index (κ3) is 3.35. The second kappa shape index (κ2) is 5.49. The average Bonchev–Trinajstić information content (AvgIpc) is 2.18. The lowest BCUT2D eigenvalue weighted by Gasteiger charge is -2.11. The van der Waals surface area contributed by atoms with Crippen molar-refractivity contribution in [2.45, 2.75) is 32.4 Å². The largest absolute Gasteiger partial charge is 0.481 e. The summed E-state index contributed by atoms with van der Waals surface area (Å²) in [6, 6.07) is 6.81. The molecule has 0 fully saturated rings. The molecule has 0 spiro atoms. The second-order valence-electron chi connectivity index (χ2n) is 3.53. The Morgan fingerprint density at radius 3 is 2.73 bits per heavy atom. The highest BCUT2D eigenvalue weighted by atomic mass is 19.1. The average molecular weight is 210 g/mol. The highest BCUT2D eigenvalue weighted by Gasteiger charge is 2.14. The number of carboxylic acid groups (broad SMARTS) is 1. The molecule has 0 radical (unpaired) electrons. The van der Waals surface area contributed by atoms with Crippen molar-refractivity contribution in [3.63, 3.8) is 0 Å². The Morgan fingerprint density at radius 2 is 2.13 bits per heavy atom. The van der Waals surface area contributed by atoms with Gasteiger partial charge >= 0.3 is 5.97 Å². The number of carboxylic acids is 1. The molecule has 0 amide bonds. The number of hydrogen-bond donors (Lipinski definition) is 1. The van der Waals surface area contributed by atoms with Crippen LogP contribution < -0.4 is 0 Å². The molecule has 0 heterocycles. The van der Waals surface area contributed by atoms with Crippen LogP contribution in [0.1, 0.15) is 37.1 Å². The van der Waals surface area contributed by atoms with Gasteiger partial charge < -0.3 is 5.11 Å². The Kier molecular flexibility index (Phi) is 4.28. The summed E-state index contributed by atoms with van der Waals surface area (Å²) in [5.74, 6) is -0.925. The van der Waals surface area contributed by atoms with Crippen LogP contribution in [0.3, 0.4) is 0 Å². The van der Waals surface area contributed by atoms with Crippen LogP contribution in [0.4, 0.5) is 4.39 Å². The molecule has 82 valence electrons. The quantitative estimate of drug-likeness (QED) is 0.810. The van der Waals surface area contributed by atoms with E-state index in [1.54, 1.807) is 24.3 Å². The molecule has 1 aromatic carbocycles. The van der Waals surface area contributed by atoms with E-state index in [0.717, 1.165) is 6.42 Å². The number of alkyl halides is 1. The molecule has 0 aromatic heterocycles. The molecule has 1 unspecified atom stereocenters. The fourth-order valence-corrected chi connectivity index (χ4v) is 1.57. The van der Waals surface area contributed by atoms with E-state index in [0.29, 0.717) is 17.5 Å². The van der Waals surface area contributed by atoms with Crippen LogP contribution in [-0.4, -0.2) is 11.1 Å². The van der Waals surface area contributed by atoms with Crippen molar-refractivity contribution in [2.75, 3.05) is 0 Å². The van der Waals surface area contributed by atoms with Gasteiger partial charge in [-0.3, -0.25) is 4.79 Å². The van der Waals surface area contributed by atoms with E-state index in [1.165, 1.54) is 0 Å². The van der Waals surface area contributed by atoms with Crippen LogP contribution in [0.5, 0.6) is 0 Å². The maximum atomic E-state index is 13.7. The van der Waals surface area contributed by atoms with Crippen molar-refractivity contribution < 1.29 is 14.3 Å². The SMILES string of the molecule is CCCC(F)c1ccccc1CC(=O)O. The van der Waals surface area contributed by atoms with Crippen molar-refractivity contribution >= 4 is 5.97 Å². The third-order valence-electron chi connectivity index (χ3n) is 2.28. The van der Waals surface area contributed by atoms with Crippen LogP contribution >= 0.6 is 0 Å². The van der Waals surface area contributed by atoms with Gasteiger partial charge in [-0.05, 0) is 17.5 Å². The van der Waals surface area contributed by atoms with Gasteiger partial charge in [0.2, 0.25) is 0 Å². The van der Waals surface area contributed by atoms with Crippen molar-refractivity contribution in [3.8, 4) is 0 Å². The Balaban J connectivity index is 2.89. The minimum absolute atomic E-state index is 0.111. The van der Waals surface area contributed by atoms with E-state index in [-0.39, 0.29) is 6.42 Å². The first-order chi connectivity index (χ1) is 7.15. The van der Waals surface area contributed by atoms with Gasteiger partial charge in [-0.1, -0.05) is 37.6 Å². The lowest BCUT2D eigenvalue weighted by molar-refractivity contribution is -0.136. The first-order valence-electron chi connectivity index (χ1n) is 5.08. The van der Waals surface area contributed by atoms with Crippen LogP contribution in [0.25, 0.3) is 0 Å². The number of benzene rings is 1. The van der Waals surface area contributed by atoms with Gasteiger partial charge in [-0.2, -0.15) is 0 Å². The number of carbonyl (C=O) groups is 1. The highest BCUT2D eigenvalue weighted by molar-refractivity contribution is 5.70. The zero-order chi connectivity index (χ0) is 11.3. The second-order valence-corrected chi connectivity index (χ2v) is 3.53. The van der Waals surface area contributed by atoms with Crippen molar-refractivity contribution in [1.82, 2.24) is 0 Å². The van der Waals surface area contributed by atoms with Gasteiger partial charge in [0.25, 0.3) is 0 Å². The summed E-state index contributed by atoms with van der Waals surface area (Å²) in [6.45, 7) is 1.91. The van der Waals surface area contributed by atoms with Gasteiger partial charge in [0.15, 0.2) is 0 Å². The van der Waals surface area contributed by atoms with E-state index in [2.05, 4.69) is 0 Å². The third-order valence-corrected chi connectivity index (χ3v) is 2.28. The van der Waals surface area contributed by atoms with E-state index in [9.17, 15) is 9.18 Å². The predicted octanol–water partition coefficient (Wildman–Crippen LogP) is 3.12. The summed E-state index contributed by atoms with van der Waals surface area (Å²) in [6.07, 6.45) is 0.0324. The minimum Gasteiger partial charge on any atom is -0.481 e. The van der Waals surface area contributed by atoms with Crippen LogP contribution in [0.15, 0.2) is 24.3 Å². The summed E-state index contributed by atoms with van der Waals surface area (Å²) < 4.78 is 13.7. The summed E-state index contributed by atoms with van der Waals surface area (Å²) in [5.41, 5.74) is 1.09. The van der Waals surface area contributed by atoms with Gasteiger partial charge in [0.1, 0.15) is 6.17 Å². The first-order valence-corrected chi connectivity index (χ1v) is 5.08. The molecule has 0 saturated carbocycles. The molecule has 0 saturated heterocycles. The number of hydrogen-bond acceptors (Lipinski definition) is 1. The topological polar surface area (TPSA) is 37.3 Å². The molecule has 1 atom stereocenters. The molecule has 0 aliphatic carbocycles. The smallest absolute Gasteiger partial charge is 0.307 e. The van der Waals surface area contributed by atoms with Gasteiger partial charge in [-0.25, -0.2) is 4.39 Å². The van der Waals surface area contributed by atoms with Crippen molar-refractivity contribution in [2.24, 2.45) is 0 Å². The maximum Gasteiger partial charge on any atom is 0.307 e. The Morgan fingerprint density at radius 1 is 1.47 bits per heavy atom. The molecule has 1 aromatic rings. The number of halogens is 1. The van der Waals surface area contributed by atoms with Crippen molar-refractivity contribution in [3.05, 3.63) is 35.4 Å². The van der Waals surface area contributed by atoms with Crippen molar-refractivity contribution in [1.29, 1.82) is 0 Å². The molecule has 1 rings (SSSR count). The molecular weight excluding hydrogens is 195 g/mol. The molecule has 0 aliphatic heterocycles. The van der Waals surface area contributed by atoms with Gasteiger partial charge in [-0.15, -0.1) is 0 Å². The summed E-state index contributed by atoms with van der Waals surface area (Å²) >= 11 is 0. The van der Waals surface area contributed by atoms with Crippen LogP contribution in [0.2, 0.25) is 0 Å². The maximum absolute atomic E-state index is 13.7. The van der Waals surface area contributed by atoms with Crippen LogP contribution in [0, 0.1) is 0 Å². The lowest BCUT2D eigenvalue weighted by Crippen LogP contribution is -2.05. The van der Waals surface area contributed by atoms with E-state index in [4.69, 9.17) is 5.11 Å². The van der Waals surface area contributed by atoms with Crippen LogP contribution in [-0.2, 0) is 11.2 Å². The van der Waals surface area contributed by atoms with E-state index < -0.39 is 12.1 Å².